The molecular formula is C26H32FN3O. The number of hydrogen-bond donors (Lipinski definition) is 2. The Labute approximate surface area is 184 Å². The molecule has 1 aromatic heterocycles. The predicted octanol–water partition coefficient (Wildman–Crippen LogP) is 5.95. The van der Waals surface area contributed by atoms with Crippen LogP contribution in [0.1, 0.15) is 65.0 Å². The van der Waals surface area contributed by atoms with Gasteiger partial charge in [0, 0.05) is 34.3 Å². The first-order valence-electron chi connectivity index (χ1n) is 11.3. The van der Waals surface area contributed by atoms with Gasteiger partial charge in [0.05, 0.1) is 11.1 Å². The molecule has 31 heavy (non-hydrogen) atoms. The number of rotatable bonds is 4. The van der Waals surface area contributed by atoms with Crippen molar-refractivity contribution in [3.8, 4) is 0 Å². The fraction of sp³-hybridized carbons (Fsp3) is 0.462. The molecule has 4 rings (SSSR count). The Kier molecular flexibility index (Phi) is 6.12. The third kappa shape index (κ3) is 4.97. The van der Waals surface area contributed by atoms with Gasteiger partial charge in [-0.3, -0.25) is 9.78 Å². The molecule has 1 fully saturated rings. The highest BCUT2D eigenvalue weighted by molar-refractivity contribution is 5.97. The van der Waals surface area contributed by atoms with Gasteiger partial charge in [0.2, 0.25) is 0 Å². The number of allylic oxidation sites excluding steroid dienone is 2. The van der Waals surface area contributed by atoms with E-state index in [0.29, 0.717) is 12.5 Å². The van der Waals surface area contributed by atoms with Crippen molar-refractivity contribution in [2.45, 2.75) is 76.8 Å². The Morgan fingerprint density at radius 2 is 1.71 bits per heavy atom. The van der Waals surface area contributed by atoms with Crippen LogP contribution in [-0.2, 0) is 10.2 Å². The normalized spacial score (nSPS) is 21.9. The first-order valence-corrected chi connectivity index (χ1v) is 11.3. The second kappa shape index (κ2) is 8.81. The zero-order valence-electron chi connectivity index (χ0n) is 18.7. The van der Waals surface area contributed by atoms with Crippen molar-refractivity contribution in [2.75, 3.05) is 5.32 Å². The van der Waals surface area contributed by atoms with Crippen molar-refractivity contribution in [1.82, 2.24) is 10.3 Å². The molecule has 164 valence electrons. The minimum absolute atomic E-state index is 0.0279. The lowest BCUT2D eigenvalue weighted by atomic mass is 9.89. The predicted molar refractivity (Wildman–Crippen MR) is 125 cm³/mol. The van der Waals surface area contributed by atoms with E-state index >= 15 is 0 Å². The quantitative estimate of drug-likeness (QED) is 0.642. The molecule has 0 spiro atoms. The number of fused-ring (bicyclic) bond motifs is 1. The van der Waals surface area contributed by atoms with Gasteiger partial charge in [0.1, 0.15) is 5.83 Å². The molecule has 0 atom stereocenters. The van der Waals surface area contributed by atoms with Gasteiger partial charge in [0.15, 0.2) is 0 Å². The number of benzene rings is 1. The summed E-state index contributed by atoms with van der Waals surface area (Å²) in [6.07, 6.45) is 8.30. The number of anilines is 1. The molecule has 1 amide bonds. The maximum Gasteiger partial charge on any atom is 0.254 e. The average molecular weight is 422 g/mol. The number of para-hydroxylation sites is 1. The molecule has 0 radical (unpaired) electrons. The third-order valence-electron chi connectivity index (χ3n) is 6.25. The van der Waals surface area contributed by atoms with Gasteiger partial charge in [0.25, 0.3) is 5.91 Å². The molecule has 2 aromatic rings. The van der Waals surface area contributed by atoms with Gasteiger partial charge >= 0.3 is 0 Å². The highest BCUT2D eigenvalue weighted by atomic mass is 19.1. The molecule has 2 aliphatic rings. The molecule has 0 aliphatic heterocycles. The summed E-state index contributed by atoms with van der Waals surface area (Å²) in [5.74, 6) is -0.668. The lowest BCUT2D eigenvalue weighted by Crippen LogP contribution is -2.41. The first kappa shape index (κ1) is 21.5. The molecule has 2 N–H and O–H groups in total. The number of aromatic nitrogens is 1. The van der Waals surface area contributed by atoms with Crippen LogP contribution in [0.25, 0.3) is 10.9 Å². The van der Waals surface area contributed by atoms with Gasteiger partial charge in [-0.2, -0.15) is 0 Å². The number of hydrogen-bond acceptors (Lipinski definition) is 3. The highest BCUT2D eigenvalue weighted by Gasteiger charge is 2.26. The summed E-state index contributed by atoms with van der Waals surface area (Å²) in [5, 5.41) is 7.92. The van der Waals surface area contributed by atoms with Crippen LogP contribution in [0.3, 0.4) is 0 Å². The van der Waals surface area contributed by atoms with E-state index in [1.54, 1.807) is 6.08 Å². The van der Waals surface area contributed by atoms with Crippen LogP contribution in [-0.4, -0.2) is 23.0 Å². The van der Waals surface area contributed by atoms with Crippen LogP contribution in [0.2, 0.25) is 0 Å². The number of halogens is 1. The van der Waals surface area contributed by atoms with E-state index in [2.05, 4.69) is 49.6 Å². The lowest BCUT2D eigenvalue weighted by Gasteiger charge is -2.31. The SMILES string of the molecule is CC(C)(C)c1cc(NC2CCC(NC(=O)C3=CCCC=C3F)CC2)c2ccccc2n1. The summed E-state index contributed by atoms with van der Waals surface area (Å²) in [7, 11) is 0. The van der Waals surface area contributed by atoms with Crippen LogP contribution >= 0.6 is 0 Å². The summed E-state index contributed by atoms with van der Waals surface area (Å²) in [6, 6.07) is 10.9. The average Bonchev–Trinajstić information content (AvgIpc) is 2.74. The zero-order valence-corrected chi connectivity index (χ0v) is 18.7. The largest absolute Gasteiger partial charge is 0.382 e. The number of carbonyl (C=O) groups excluding carboxylic acids is 1. The van der Waals surface area contributed by atoms with E-state index in [4.69, 9.17) is 4.98 Å². The van der Waals surface area contributed by atoms with E-state index < -0.39 is 5.83 Å². The van der Waals surface area contributed by atoms with Crippen LogP contribution in [0, 0.1) is 0 Å². The molecule has 1 saturated carbocycles. The molecule has 1 heterocycles. The zero-order chi connectivity index (χ0) is 22.0. The van der Waals surface area contributed by atoms with Crippen LogP contribution in [0.5, 0.6) is 0 Å². The Balaban J connectivity index is 1.41. The number of nitrogens with zero attached hydrogens (tertiary/aromatic N) is 1. The minimum Gasteiger partial charge on any atom is -0.382 e. The molecular weight excluding hydrogens is 389 g/mol. The van der Waals surface area contributed by atoms with E-state index in [9.17, 15) is 9.18 Å². The van der Waals surface area contributed by atoms with E-state index in [-0.39, 0.29) is 22.9 Å². The molecule has 1 aromatic carbocycles. The second-order valence-electron chi connectivity index (χ2n) is 9.74. The van der Waals surface area contributed by atoms with E-state index in [1.807, 2.05) is 12.1 Å². The number of pyridine rings is 1. The van der Waals surface area contributed by atoms with Gasteiger partial charge in [-0.25, -0.2) is 4.39 Å². The fourth-order valence-corrected chi connectivity index (χ4v) is 4.39. The van der Waals surface area contributed by atoms with Gasteiger partial charge in [-0.05, 0) is 56.7 Å². The monoisotopic (exact) mass is 421 g/mol. The summed E-state index contributed by atoms with van der Waals surface area (Å²) in [5.41, 5.74) is 3.38. The van der Waals surface area contributed by atoms with Crippen molar-refractivity contribution < 1.29 is 9.18 Å². The Hall–Kier alpha value is -2.69. The first-order chi connectivity index (χ1) is 14.8. The molecule has 0 unspecified atom stereocenters. The van der Waals surface area contributed by atoms with Crippen molar-refractivity contribution in [2.24, 2.45) is 0 Å². The Morgan fingerprint density at radius 1 is 1.03 bits per heavy atom. The van der Waals surface area contributed by atoms with E-state index in [1.165, 1.54) is 6.08 Å². The Morgan fingerprint density at radius 3 is 2.42 bits per heavy atom. The number of amides is 1. The van der Waals surface area contributed by atoms with Crippen molar-refractivity contribution in [3.05, 3.63) is 59.6 Å². The third-order valence-corrected chi connectivity index (χ3v) is 6.25. The Bertz CT molecular complexity index is 1030. The molecule has 5 heteroatoms. The van der Waals surface area contributed by atoms with Crippen molar-refractivity contribution in [1.29, 1.82) is 0 Å². The van der Waals surface area contributed by atoms with Crippen LogP contribution in [0.15, 0.2) is 53.9 Å². The maximum atomic E-state index is 13.9. The standard InChI is InChI=1S/C26H32FN3O/c1-26(2,3)24-16-23(20-9-5-7-11-22(20)30-24)28-17-12-14-18(15-13-17)29-25(31)19-8-4-6-10-21(19)27/h5,7-11,16-18H,4,6,12-15H2,1-3H3,(H,28,30)(H,29,31). The molecule has 0 saturated heterocycles. The summed E-state index contributed by atoms with van der Waals surface area (Å²) in [4.78, 5) is 17.3. The van der Waals surface area contributed by atoms with Crippen LogP contribution in [0.4, 0.5) is 10.1 Å². The lowest BCUT2D eigenvalue weighted by molar-refractivity contribution is -0.118. The molecule has 4 nitrogen and oxygen atoms in total. The smallest absolute Gasteiger partial charge is 0.254 e. The summed E-state index contributed by atoms with van der Waals surface area (Å²) < 4.78 is 13.9. The van der Waals surface area contributed by atoms with Gasteiger partial charge in [-0.1, -0.05) is 45.0 Å². The van der Waals surface area contributed by atoms with Crippen molar-refractivity contribution >= 4 is 22.5 Å². The van der Waals surface area contributed by atoms with Gasteiger partial charge in [-0.15, -0.1) is 0 Å². The highest BCUT2D eigenvalue weighted by Crippen LogP contribution is 2.31. The molecule has 2 aliphatic carbocycles. The molecule has 0 bridgehead atoms. The maximum absolute atomic E-state index is 13.9. The number of carbonyl (C=O) groups is 1. The number of nitrogens with one attached hydrogen (secondary N) is 2. The minimum atomic E-state index is -0.390. The van der Waals surface area contributed by atoms with Crippen molar-refractivity contribution in [3.63, 3.8) is 0 Å². The van der Waals surface area contributed by atoms with E-state index in [0.717, 1.165) is 54.4 Å². The topological polar surface area (TPSA) is 54.0 Å². The fourth-order valence-electron chi connectivity index (χ4n) is 4.39. The summed E-state index contributed by atoms with van der Waals surface area (Å²) in [6.45, 7) is 6.55. The summed E-state index contributed by atoms with van der Waals surface area (Å²) >= 11 is 0. The van der Waals surface area contributed by atoms with Gasteiger partial charge < -0.3 is 10.6 Å². The second-order valence-corrected chi connectivity index (χ2v) is 9.74. The van der Waals surface area contributed by atoms with Crippen LogP contribution < -0.4 is 10.6 Å².